The molecule has 3 aromatic heterocycles. The summed E-state index contributed by atoms with van der Waals surface area (Å²) in [6.45, 7) is 9.20. The molecule has 0 fully saturated rings. The van der Waals surface area contributed by atoms with Crippen molar-refractivity contribution >= 4 is 16.3 Å². The Morgan fingerprint density at radius 3 is 2.80 bits per heavy atom. The van der Waals surface area contributed by atoms with Crippen LogP contribution in [0.5, 0.6) is 0 Å². The van der Waals surface area contributed by atoms with Crippen molar-refractivity contribution in [1.82, 2.24) is 24.3 Å². The fourth-order valence-corrected chi connectivity index (χ4v) is 2.92. The number of thiazole rings is 1. The van der Waals surface area contributed by atoms with Gasteiger partial charge < -0.3 is 5.32 Å². The van der Waals surface area contributed by atoms with Crippen LogP contribution in [0.3, 0.4) is 0 Å². The molecule has 0 saturated heterocycles. The van der Waals surface area contributed by atoms with E-state index in [9.17, 15) is 0 Å². The van der Waals surface area contributed by atoms with Gasteiger partial charge in [-0.25, -0.2) is 9.97 Å². The van der Waals surface area contributed by atoms with Gasteiger partial charge in [-0.3, -0.25) is 8.97 Å². The van der Waals surface area contributed by atoms with Crippen LogP contribution in [0.25, 0.3) is 10.8 Å². The minimum atomic E-state index is 0.442. The van der Waals surface area contributed by atoms with Crippen LogP contribution in [0.4, 0.5) is 0 Å². The summed E-state index contributed by atoms with van der Waals surface area (Å²) in [5, 5.41) is 5.54. The average Bonchev–Trinajstić information content (AvgIpc) is 3.04. The monoisotopic (exact) mass is 289 g/mol. The van der Waals surface area contributed by atoms with Gasteiger partial charge in [0.05, 0.1) is 11.4 Å². The van der Waals surface area contributed by atoms with Crippen molar-refractivity contribution in [2.45, 2.75) is 40.3 Å². The van der Waals surface area contributed by atoms with Crippen LogP contribution < -0.4 is 5.32 Å². The van der Waals surface area contributed by atoms with Crippen molar-refractivity contribution in [3.8, 4) is 5.82 Å². The van der Waals surface area contributed by atoms with Crippen molar-refractivity contribution in [1.29, 1.82) is 0 Å². The molecule has 6 heteroatoms. The van der Waals surface area contributed by atoms with E-state index in [1.54, 1.807) is 11.3 Å². The number of aromatic nitrogens is 4. The van der Waals surface area contributed by atoms with Gasteiger partial charge in [-0.05, 0) is 13.8 Å². The molecule has 0 radical (unpaired) electrons. The van der Waals surface area contributed by atoms with Gasteiger partial charge in [0.1, 0.15) is 6.33 Å². The van der Waals surface area contributed by atoms with Crippen molar-refractivity contribution in [3.63, 3.8) is 0 Å². The molecule has 3 heterocycles. The van der Waals surface area contributed by atoms with Crippen LogP contribution in [-0.2, 0) is 6.54 Å². The second kappa shape index (κ2) is 5.03. The summed E-state index contributed by atoms with van der Waals surface area (Å²) < 4.78 is 4.23. The first kappa shape index (κ1) is 13.3. The van der Waals surface area contributed by atoms with Crippen LogP contribution in [0.1, 0.15) is 30.9 Å². The summed E-state index contributed by atoms with van der Waals surface area (Å²) in [7, 11) is 0. The largest absolute Gasteiger partial charge is 0.309 e. The lowest BCUT2D eigenvalue weighted by Gasteiger charge is -2.10. The van der Waals surface area contributed by atoms with Gasteiger partial charge in [-0.1, -0.05) is 13.8 Å². The zero-order chi connectivity index (χ0) is 14.3. The topological polar surface area (TPSA) is 47.2 Å². The second-order valence-electron chi connectivity index (χ2n) is 5.26. The van der Waals surface area contributed by atoms with Crippen molar-refractivity contribution in [2.75, 3.05) is 0 Å². The fourth-order valence-electron chi connectivity index (χ4n) is 2.19. The molecular weight excluding hydrogens is 270 g/mol. The molecule has 0 amide bonds. The Kier molecular flexibility index (Phi) is 3.35. The highest BCUT2D eigenvalue weighted by Gasteiger charge is 2.17. The molecule has 0 aliphatic heterocycles. The van der Waals surface area contributed by atoms with Crippen LogP contribution in [0, 0.1) is 13.8 Å². The summed E-state index contributed by atoms with van der Waals surface area (Å²) in [6.07, 6.45) is 3.93. The molecule has 0 saturated carbocycles. The van der Waals surface area contributed by atoms with Gasteiger partial charge in [0.2, 0.25) is 0 Å². The van der Waals surface area contributed by atoms with Gasteiger partial charge >= 0.3 is 0 Å². The SMILES string of the molecule is Cc1ncn(-c2nc3sccn3c2CNC(C)C)c1C. The minimum absolute atomic E-state index is 0.442. The summed E-state index contributed by atoms with van der Waals surface area (Å²) in [4.78, 5) is 10.2. The van der Waals surface area contributed by atoms with Crippen LogP contribution in [-0.4, -0.2) is 25.0 Å². The summed E-state index contributed by atoms with van der Waals surface area (Å²) in [6, 6.07) is 0.442. The van der Waals surface area contributed by atoms with E-state index in [0.29, 0.717) is 6.04 Å². The van der Waals surface area contributed by atoms with Crippen LogP contribution in [0.15, 0.2) is 17.9 Å². The van der Waals surface area contributed by atoms with E-state index in [4.69, 9.17) is 4.98 Å². The Morgan fingerprint density at radius 1 is 1.35 bits per heavy atom. The van der Waals surface area contributed by atoms with Crippen LogP contribution >= 0.6 is 11.3 Å². The normalized spacial score (nSPS) is 11.8. The predicted octanol–water partition coefficient (Wildman–Crippen LogP) is 2.70. The lowest BCUT2D eigenvalue weighted by Crippen LogP contribution is -2.23. The highest BCUT2D eigenvalue weighted by Crippen LogP contribution is 2.22. The summed E-state index contributed by atoms with van der Waals surface area (Å²) in [5.41, 5.74) is 3.36. The van der Waals surface area contributed by atoms with Gasteiger partial charge in [0.25, 0.3) is 0 Å². The first-order chi connectivity index (χ1) is 9.58. The zero-order valence-corrected chi connectivity index (χ0v) is 13.0. The number of fused-ring (bicyclic) bond motifs is 1. The van der Waals surface area contributed by atoms with E-state index in [1.807, 2.05) is 13.3 Å². The molecule has 0 aliphatic rings. The number of nitrogens with zero attached hydrogens (tertiary/aromatic N) is 4. The van der Waals surface area contributed by atoms with Crippen LogP contribution in [0.2, 0.25) is 0 Å². The van der Waals surface area contributed by atoms with Crippen molar-refractivity contribution in [3.05, 3.63) is 35.0 Å². The highest BCUT2D eigenvalue weighted by molar-refractivity contribution is 7.15. The summed E-state index contributed by atoms with van der Waals surface area (Å²) >= 11 is 1.65. The molecule has 0 unspecified atom stereocenters. The lowest BCUT2D eigenvalue weighted by molar-refractivity contribution is 0.578. The molecule has 1 N–H and O–H groups in total. The lowest BCUT2D eigenvalue weighted by atomic mass is 10.3. The predicted molar refractivity (Wildman–Crippen MR) is 81.6 cm³/mol. The van der Waals surface area contributed by atoms with Gasteiger partial charge in [0, 0.05) is 29.9 Å². The molecule has 0 atom stereocenters. The maximum atomic E-state index is 4.76. The molecule has 0 bridgehead atoms. The maximum absolute atomic E-state index is 4.76. The Bertz CT molecular complexity index is 734. The third-order valence-electron chi connectivity index (χ3n) is 3.50. The molecule has 106 valence electrons. The van der Waals surface area contributed by atoms with Gasteiger partial charge in [-0.2, -0.15) is 0 Å². The average molecular weight is 289 g/mol. The molecular formula is C14H19N5S. The van der Waals surface area contributed by atoms with Crippen molar-refractivity contribution in [2.24, 2.45) is 0 Å². The standard InChI is InChI=1S/C14H19N5S/c1-9(2)15-7-12-13(17-14-18(12)5-6-20-14)19-8-16-10(3)11(19)4/h5-6,8-9,15H,7H2,1-4H3. The Balaban J connectivity index is 2.11. The number of imidazole rings is 2. The second-order valence-corrected chi connectivity index (χ2v) is 6.13. The third kappa shape index (κ3) is 2.14. The smallest absolute Gasteiger partial charge is 0.195 e. The zero-order valence-electron chi connectivity index (χ0n) is 12.2. The molecule has 20 heavy (non-hydrogen) atoms. The highest BCUT2D eigenvalue weighted by atomic mass is 32.1. The number of aryl methyl sites for hydroxylation is 1. The summed E-state index contributed by atoms with van der Waals surface area (Å²) in [5.74, 6) is 0.975. The van der Waals surface area contributed by atoms with E-state index in [1.165, 1.54) is 5.69 Å². The number of hydrogen-bond donors (Lipinski definition) is 1. The fraction of sp³-hybridized carbons (Fsp3) is 0.429. The molecule has 0 aliphatic carbocycles. The number of rotatable bonds is 4. The van der Waals surface area contributed by atoms with E-state index in [2.05, 4.69) is 51.6 Å². The van der Waals surface area contributed by atoms with Crippen molar-refractivity contribution < 1.29 is 0 Å². The van der Waals surface area contributed by atoms with E-state index >= 15 is 0 Å². The Hall–Kier alpha value is -1.66. The quantitative estimate of drug-likeness (QED) is 0.803. The Morgan fingerprint density at radius 2 is 2.15 bits per heavy atom. The molecule has 0 aromatic carbocycles. The molecule has 5 nitrogen and oxygen atoms in total. The first-order valence-electron chi connectivity index (χ1n) is 6.76. The first-order valence-corrected chi connectivity index (χ1v) is 7.64. The minimum Gasteiger partial charge on any atom is -0.309 e. The molecule has 3 rings (SSSR count). The molecule has 0 spiro atoms. The van der Waals surface area contributed by atoms with Gasteiger partial charge in [-0.15, -0.1) is 11.3 Å². The molecule has 3 aromatic rings. The maximum Gasteiger partial charge on any atom is 0.195 e. The van der Waals surface area contributed by atoms with E-state index in [0.717, 1.165) is 28.7 Å². The third-order valence-corrected chi connectivity index (χ3v) is 4.25. The number of hydrogen-bond acceptors (Lipinski definition) is 4. The van der Waals surface area contributed by atoms with E-state index < -0.39 is 0 Å². The van der Waals surface area contributed by atoms with Gasteiger partial charge in [0.15, 0.2) is 10.8 Å². The number of nitrogens with one attached hydrogen (secondary N) is 1. The van der Waals surface area contributed by atoms with E-state index in [-0.39, 0.29) is 0 Å². The Labute approximate surface area is 122 Å².